The number of para-hydroxylation sites is 2. The van der Waals surface area contributed by atoms with Gasteiger partial charge < -0.3 is 10.6 Å². The second-order valence-electron chi connectivity index (χ2n) is 4.22. The molecule has 0 aliphatic carbocycles. The summed E-state index contributed by atoms with van der Waals surface area (Å²) in [4.78, 5) is 21.3. The summed E-state index contributed by atoms with van der Waals surface area (Å²) < 4.78 is 72.1. The quantitative estimate of drug-likeness (QED) is 0.604. The molecule has 130 valence electrons. The standard InChI is InChI=1S/C14H10F6N2O2/c15-13(16,17)11(23)5-7-21-9-3-1-2-4-10(9)22-8-6-12(24)14(18,19)20/h1-8,21-22H/b7-5+,8-6+. The van der Waals surface area contributed by atoms with Gasteiger partial charge in [-0.15, -0.1) is 0 Å². The van der Waals surface area contributed by atoms with Gasteiger partial charge >= 0.3 is 12.4 Å². The number of hydrogen-bond donors (Lipinski definition) is 2. The lowest BCUT2D eigenvalue weighted by Crippen LogP contribution is -2.20. The Morgan fingerprint density at radius 3 is 1.38 bits per heavy atom. The van der Waals surface area contributed by atoms with Crippen LogP contribution in [0, 0.1) is 0 Å². The molecule has 1 rings (SSSR count). The summed E-state index contributed by atoms with van der Waals surface area (Å²) in [6.45, 7) is 0. The van der Waals surface area contributed by atoms with Crippen LogP contribution < -0.4 is 10.6 Å². The van der Waals surface area contributed by atoms with Crippen molar-refractivity contribution < 1.29 is 35.9 Å². The molecule has 0 aromatic heterocycles. The second-order valence-corrected chi connectivity index (χ2v) is 4.22. The van der Waals surface area contributed by atoms with Crippen molar-refractivity contribution in [2.24, 2.45) is 0 Å². The highest BCUT2D eigenvalue weighted by Crippen LogP contribution is 2.22. The zero-order chi connectivity index (χ0) is 18.4. The highest BCUT2D eigenvalue weighted by molar-refractivity contribution is 5.95. The first-order valence-corrected chi connectivity index (χ1v) is 6.19. The number of alkyl halides is 6. The molecule has 0 atom stereocenters. The Bertz CT molecular complexity index is 605. The summed E-state index contributed by atoms with van der Waals surface area (Å²) in [6, 6.07) is 5.78. The van der Waals surface area contributed by atoms with Gasteiger partial charge in [0.05, 0.1) is 11.4 Å². The highest BCUT2D eigenvalue weighted by atomic mass is 19.4. The number of allylic oxidation sites excluding steroid dienone is 2. The maximum atomic E-state index is 12.0. The van der Waals surface area contributed by atoms with Crippen LogP contribution in [0.1, 0.15) is 0 Å². The number of carbonyl (C=O) groups excluding carboxylic acids is 2. The number of anilines is 2. The molecular formula is C14H10F6N2O2. The normalized spacial score (nSPS) is 12.6. The molecular weight excluding hydrogens is 342 g/mol. The average molecular weight is 352 g/mol. The number of halogens is 6. The van der Waals surface area contributed by atoms with Crippen molar-refractivity contribution in [1.82, 2.24) is 0 Å². The van der Waals surface area contributed by atoms with Crippen molar-refractivity contribution in [3.63, 3.8) is 0 Å². The lowest BCUT2D eigenvalue weighted by molar-refractivity contribution is -0.165. The fourth-order valence-electron chi connectivity index (χ4n) is 1.34. The number of benzene rings is 1. The maximum absolute atomic E-state index is 12.0. The van der Waals surface area contributed by atoms with Gasteiger partial charge in [0.15, 0.2) is 0 Å². The molecule has 1 aromatic carbocycles. The van der Waals surface area contributed by atoms with Gasteiger partial charge in [0.1, 0.15) is 0 Å². The summed E-state index contributed by atoms with van der Waals surface area (Å²) in [5.41, 5.74) is 0.348. The maximum Gasteiger partial charge on any atom is 0.454 e. The number of nitrogens with one attached hydrogen (secondary N) is 2. The van der Waals surface area contributed by atoms with E-state index in [1.165, 1.54) is 24.3 Å². The minimum atomic E-state index is -5.00. The molecule has 0 bridgehead atoms. The van der Waals surface area contributed by atoms with Gasteiger partial charge in [-0.25, -0.2) is 0 Å². The third kappa shape index (κ3) is 6.15. The minimum Gasteiger partial charge on any atom is -0.360 e. The molecule has 0 radical (unpaired) electrons. The molecule has 0 saturated heterocycles. The number of ketones is 2. The van der Waals surface area contributed by atoms with Crippen LogP contribution in [0.5, 0.6) is 0 Å². The zero-order valence-electron chi connectivity index (χ0n) is 11.7. The van der Waals surface area contributed by atoms with Crippen LogP contribution in [-0.4, -0.2) is 23.9 Å². The predicted octanol–water partition coefficient (Wildman–Crippen LogP) is 3.80. The molecule has 10 heteroatoms. The van der Waals surface area contributed by atoms with Crippen molar-refractivity contribution in [3.8, 4) is 0 Å². The van der Waals surface area contributed by atoms with Crippen LogP contribution in [0.2, 0.25) is 0 Å². The number of hydrogen-bond acceptors (Lipinski definition) is 4. The molecule has 4 nitrogen and oxygen atoms in total. The van der Waals surface area contributed by atoms with Crippen LogP contribution in [0.15, 0.2) is 48.8 Å². The van der Waals surface area contributed by atoms with Crippen molar-refractivity contribution in [2.75, 3.05) is 10.6 Å². The van der Waals surface area contributed by atoms with E-state index in [1.54, 1.807) is 0 Å². The van der Waals surface area contributed by atoms with Crippen LogP contribution in [0.4, 0.5) is 37.7 Å². The van der Waals surface area contributed by atoms with Crippen molar-refractivity contribution in [2.45, 2.75) is 12.4 Å². The summed E-state index contributed by atoms with van der Waals surface area (Å²) in [5.74, 6) is -4.15. The van der Waals surface area contributed by atoms with E-state index in [2.05, 4.69) is 10.6 Å². The Morgan fingerprint density at radius 1 is 0.750 bits per heavy atom. The third-order valence-corrected chi connectivity index (χ3v) is 2.43. The van der Waals surface area contributed by atoms with Gasteiger partial charge in [0.2, 0.25) is 0 Å². The molecule has 24 heavy (non-hydrogen) atoms. The minimum absolute atomic E-state index is 0.174. The van der Waals surface area contributed by atoms with Crippen LogP contribution in [0.3, 0.4) is 0 Å². The van der Waals surface area contributed by atoms with Crippen LogP contribution >= 0.6 is 0 Å². The fraction of sp³-hybridized carbons (Fsp3) is 0.143. The topological polar surface area (TPSA) is 58.2 Å². The summed E-state index contributed by atoms with van der Waals surface area (Å²) >= 11 is 0. The molecule has 0 aliphatic heterocycles. The number of carbonyl (C=O) groups is 2. The Kier molecular flexibility index (Phi) is 6.15. The monoisotopic (exact) mass is 352 g/mol. The highest BCUT2D eigenvalue weighted by Gasteiger charge is 2.36. The van der Waals surface area contributed by atoms with E-state index >= 15 is 0 Å². The molecule has 0 fully saturated rings. The summed E-state index contributed by atoms with van der Waals surface area (Å²) in [7, 11) is 0. The molecule has 0 heterocycles. The Labute approximate surface area is 131 Å². The largest absolute Gasteiger partial charge is 0.454 e. The van der Waals surface area contributed by atoms with Crippen molar-refractivity contribution in [1.29, 1.82) is 0 Å². The van der Waals surface area contributed by atoms with Gasteiger partial charge in [0.25, 0.3) is 11.6 Å². The summed E-state index contributed by atoms with van der Waals surface area (Å²) in [6.07, 6.45) is -8.01. The molecule has 0 aliphatic rings. The SMILES string of the molecule is O=C(/C=C/Nc1ccccc1N/C=C/C(=O)C(F)(F)F)C(F)(F)F. The van der Waals surface area contributed by atoms with Crippen molar-refractivity contribution >= 4 is 22.9 Å². The van der Waals surface area contributed by atoms with Gasteiger partial charge in [0, 0.05) is 24.6 Å². The molecule has 0 spiro atoms. The van der Waals surface area contributed by atoms with E-state index in [0.29, 0.717) is 0 Å². The third-order valence-electron chi connectivity index (χ3n) is 2.43. The lowest BCUT2D eigenvalue weighted by atomic mass is 10.2. The molecule has 0 unspecified atom stereocenters. The van der Waals surface area contributed by atoms with E-state index in [1.807, 2.05) is 0 Å². The van der Waals surface area contributed by atoms with E-state index in [4.69, 9.17) is 0 Å². The first-order valence-electron chi connectivity index (χ1n) is 6.19. The first-order chi connectivity index (χ1) is 11.0. The smallest absolute Gasteiger partial charge is 0.360 e. The average Bonchev–Trinajstić information content (AvgIpc) is 2.46. The molecule has 2 N–H and O–H groups in total. The van der Waals surface area contributed by atoms with E-state index in [0.717, 1.165) is 12.4 Å². The second kappa shape index (κ2) is 7.66. The zero-order valence-corrected chi connectivity index (χ0v) is 11.7. The van der Waals surface area contributed by atoms with Gasteiger partial charge in [-0.1, -0.05) is 12.1 Å². The van der Waals surface area contributed by atoms with E-state index < -0.39 is 23.9 Å². The van der Waals surface area contributed by atoms with Crippen molar-refractivity contribution in [3.05, 3.63) is 48.8 Å². The molecule has 0 saturated carbocycles. The first kappa shape index (κ1) is 19.3. The predicted molar refractivity (Wildman–Crippen MR) is 74.1 cm³/mol. The lowest BCUT2D eigenvalue weighted by Gasteiger charge is -2.09. The Balaban J connectivity index is 2.76. The molecule has 0 amide bonds. The summed E-state index contributed by atoms with van der Waals surface area (Å²) in [5, 5.41) is 4.76. The van der Waals surface area contributed by atoms with Crippen LogP contribution in [0.25, 0.3) is 0 Å². The number of rotatable bonds is 6. The Hall–Kier alpha value is -2.78. The van der Waals surface area contributed by atoms with Crippen LogP contribution in [-0.2, 0) is 9.59 Å². The van der Waals surface area contributed by atoms with Gasteiger partial charge in [-0.3, -0.25) is 9.59 Å². The van der Waals surface area contributed by atoms with E-state index in [-0.39, 0.29) is 23.5 Å². The Morgan fingerprint density at radius 2 is 1.08 bits per heavy atom. The van der Waals surface area contributed by atoms with Gasteiger partial charge in [-0.2, -0.15) is 26.3 Å². The fourth-order valence-corrected chi connectivity index (χ4v) is 1.34. The van der Waals surface area contributed by atoms with E-state index in [9.17, 15) is 35.9 Å². The molecule has 1 aromatic rings. The van der Waals surface area contributed by atoms with Gasteiger partial charge in [-0.05, 0) is 12.1 Å².